The zero-order chi connectivity index (χ0) is 14.8. The van der Waals surface area contributed by atoms with Crippen molar-refractivity contribution in [3.05, 3.63) is 34.0 Å². The van der Waals surface area contributed by atoms with Crippen LogP contribution >= 0.6 is 15.9 Å². The first-order valence-electron chi connectivity index (χ1n) is 6.64. The smallest absolute Gasteiger partial charge is 0.298 e. The summed E-state index contributed by atoms with van der Waals surface area (Å²) in [5.74, 6) is 0.524. The number of nitrogens with zero attached hydrogens (tertiary/aromatic N) is 3. The number of nitrogens with one attached hydrogen (secondary N) is 2. The van der Waals surface area contributed by atoms with Crippen molar-refractivity contribution in [3.8, 4) is 0 Å². The van der Waals surface area contributed by atoms with Gasteiger partial charge in [-0.15, -0.1) is 0 Å². The highest BCUT2D eigenvalue weighted by molar-refractivity contribution is 9.10. The summed E-state index contributed by atoms with van der Waals surface area (Å²) in [6, 6.07) is 1.92. The van der Waals surface area contributed by atoms with Crippen molar-refractivity contribution < 1.29 is 9.32 Å². The summed E-state index contributed by atoms with van der Waals surface area (Å²) in [7, 11) is 0. The predicted molar refractivity (Wildman–Crippen MR) is 78.9 cm³/mol. The molecule has 2 aromatic heterocycles. The lowest BCUT2D eigenvalue weighted by Crippen LogP contribution is -2.16. The van der Waals surface area contributed by atoms with Crippen LogP contribution in [0, 0.1) is 6.92 Å². The van der Waals surface area contributed by atoms with E-state index in [1.807, 2.05) is 13.0 Å². The Labute approximate surface area is 129 Å². The highest BCUT2D eigenvalue weighted by atomic mass is 79.9. The normalized spacial score (nSPS) is 17.9. The van der Waals surface area contributed by atoms with Crippen LogP contribution < -0.4 is 10.6 Å². The van der Waals surface area contributed by atoms with E-state index in [1.165, 1.54) is 0 Å². The summed E-state index contributed by atoms with van der Waals surface area (Å²) >= 11 is 3.33. The number of amides is 1. The molecule has 0 spiro atoms. The molecular formula is C13H14BrN5O2. The molecule has 3 heterocycles. The van der Waals surface area contributed by atoms with E-state index in [9.17, 15) is 4.79 Å². The second-order valence-corrected chi connectivity index (χ2v) is 5.79. The first kappa shape index (κ1) is 14.2. The van der Waals surface area contributed by atoms with Crippen LogP contribution in [0.3, 0.4) is 0 Å². The Kier molecular flexibility index (Phi) is 3.98. The number of aryl methyl sites for hydroxylation is 1. The van der Waals surface area contributed by atoms with Gasteiger partial charge in [-0.1, -0.05) is 5.16 Å². The Hall–Kier alpha value is -1.80. The minimum Gasteiger partial charge on any atom is -0.337 e. The van der Waals surface area contributed by atoms with E-state index in [4.69, 9.17) is 4.52 Å². The molecule has 3 rings (SSSR count). The molecule has 0 aromatic carbocycles. The average molecular weight is 352 g/mol. The predicted octanol–water partition coefficient (Wildman–Crippen LogP) is 2.21. The van der Waals surface area contributed by atoms with Crippen LogP contribution in [0.15, 0.2) is 21.3 Å². The molecule has 1 aliphatic heterocycles. The van der Waals surface area contributed by atoms with Crippen molar-refractivity contribution in [1.82, 2.24) is 20.4 Å². The molecule has 0 radical (unpaired) electrons. The van der Waals surface area contributed by atoms with Gasteiger partial charge < -0.3 is 15.2 Å². The fraction of sp³-hybridized carbons (Fsp3) is 0.385. The molecule has 1 aliphatic rings. The number of rotatable bonds is 3. The van der Waals surface area contributed by atoms with Gasteiger partial charge in [0.1, 0.15) is 5.82 Å². The molecule has 1 fully saturated rings. The molecule has 7 nitrogen and oxygen atoms in total. The first-order chi connectivity index (χ1) is 10.1. The zero-order valence-electron chi connectivity index (χ0n) is 11.4. The topological polar surface area (TPSA) is 92.9 Å². The van der Waals surface area contributed by atoms with Crippen molar-refractivity contribution in [2.75, 3.05) is 11.9 Å². The van der Waals surface area contributed by atoms with Gasteiger partial charge in [0.15, 0.2) is 0 Å². The van der Waals surface area contributed by atoms with Crippen LogP contribution in [-0.4, -0.2) is 27.6 Å². The molecule has 0 aliphatic carbocycles. The summed E-state index contributed by atoms with van der Waals surface area (Å²) < 4.78 is 6.00. The van der Waals surface area contributed by atoms with E-state index in [-0.39, 0.29) is 11.9 Å². The molecule has 21 heavy (non-hydrogen) atoms. The number of hydrogen-bond acceptors (Lipinski definition) is 6. The van der Waals surface area contributed by atoms with Gasteiger partial charge in [-0.25, -0.2) is 4.98 Å². The first-order valence-corrected chi connectivity index (χ1v) is 7.43. The van der Waals surface area contributed by atoms with E-state index in [0.29, 0.717) is 11.7 Å². The molecule has 2 aromatic rings. The summed E-state index contributed by atoms with van der Waals surface area (Å²) in [5.41, 5.74) is 0.846. The van der Waals surface area contributed by atoms with Gasteiger partial charge in [0, 0.05) is 10.7 Å². The summed E-state index contributed by atoms with van der Waals surface area (Å²) in [4.78, 5) is 20.4. The van der Waals surface area contributed by atoms with Crippen LogP contribution in [0.1, 0.15) is 41.0 Å². The number of aromatic nitrogens is 3. The van der Waals surface area contributed by atoms with Gasteiger partial charge in [0.25, 0.3) is 11.7 Å². The van der Waals surface area contributed by atoms with Gasteiger partial charge in [-0.3, -0.25) is 4.79 Å². The number of halogens is 1. The molecule has 0 bridgehead atoms. The maximum Gasteiger partial charge on any atom is 0.298 e. The second-order valence-electron chi connectivity index (χ2n) is 4.88. The molecule has 1 unspecified atom stereocenters. The molecule has 8 heteroatoms. The van der Waals surface area contributed by atoms with E-state index < -0.39 is 5.91 Å². The van der Waals surface area contributed by atoms with Gasteiger partial charge in [-0.2, -0.15) is 4.98 Å². The third-order valence-electron chi connectivity index (χ3n) is 3.28. The summed E-state index contributed by atoms with van der Waals surface area (Å²) in [5, 5.41) is 9.65. The van der Waals surface area contributed by atoms with Crippen LogP contribution in [0.2, 0.25) is 0 Å². The van der Waals surface area contributed by atoms with Crippen molar-refractivity contribution >= 4 is 27.7 Å². The maximum atomic E-state index is 12.1. The lowest BCUT2D eigenvalue weighted by atomic mass is 10.2. The Balaban J connectivity index is 1.73. The summed E-state index contributed by atoms with van der Waals surface area (Å²) in [6.07, 6.45) is 3.62. The number of pyridine rings is 1. The van der Waals surface area contributed by atoms with Crippen LogP contribution in [0.25, 0.3) is 0 Å². The second kappa shape index (κ2) is 5.90. The quantitative estimate of drug-likeness (QED) is 0.880. The fourth-order valence-corrected chi connectivity index (χ4v) is 2.64. The lowest BCUT2D eigenvalue weighted by Gasteiger charge is -2.05. The minimum absolute atomic E-state index is 0.0165. The molecule has 0 saturated carbocycles. The van der Waals surface area contributed by atoms with Gasteiger partial charge in [0.2, 0.25) is 5.89 Å². The monoisotopic (exact) mass is 351 g/mol. The van der Waals surface area contributed by atoms with Gasteiger partial charge in [-0.05, 0) is 53.9 Å². The van der Waals surface area contributed by atoms with E-state index in [1.54, 1.807) is 6.20 Å². The molecular weight excluding hydrogens is 338 g/mol. The van der Waals surface area contributed by atoms with Crippen LogP contribution in [0.4, 0.5) is 5.82 Å². The lowest BCUT2D eigenvalue weighted by molar-refractivity contribution is 0.101. The SMILES string of the molecule is Cc1cc(Br)cnc1NC(=O)c1noc(C2CCCN2)n1. The Morgan fingerprint density at radius 2 is 2.43 bits per heavy atom. The molecule has 1 amide bonds. The third kappa shape index (κ3) is 3.11. The van der Waals surface area contributed by atoms with Crippen molar-refractivity contribution in [3.63, 3.8) is 0 Å². The van der Waals surface area contributed by atoms with E-state index in [0.717, 1.165) is 29.4 Å². The number of anilines is 1. The van der Waals surface area contributed by atoms with E-state index in [2.05, 4.69) is 41.7 Å². The molecule has 1 atom stereocenters. The Bertz CT molecular complexity index is 666. The highest BCUT2D eigenvalue weighted by Gasteiger charge is 2.24. The largest absolute Gasteiger partial charge is 0.337 e. The summed E-state index contributed by atoms with van der Waals surface area (Å²) in [6.45, 7) is 2.79. The van der Waals surface area contributed by atoms with E-state index >= 15 is 0 Å². The fourth-order valence-electron chi connectivity index (χ4n) is 2.20. The van der Waals surface area contributed by atoms with Gasteiger partial charge >= 0.3 is 0 Å². The molecule has 110 valence electrons. The standard InChI is InChI=1S/C13H14BrN5O2/c1-7-5-8(14)6-16-10(7)17-12(20)11-18-13(21-19-11)9-3-2-4-15-9/h5-6,9,15H,2-4H2,1H3,(H,16,17,20). The molecule has 2 N–H and O–H groups in total. The van der Waals surface area contributed by atoms with Crippen molar-refractivity contribution in [2.24, 2.45) is 0 Å². The number of carbonyl (C=O) groups is 1. The average Bonchev–Trinajstić information content (AvgIpc) is 3.10. The van der Waals surface area contributed by atoms with Crippen LogP contribution in [-0.2, 0) is 0 Å². The molecule has 1 saturated heterocycles. The Morgan fingerprint density at radius 1 is 1.57 bits per heavy atom. The Morgan fingerprint density at radius 3 is 3.14 bits per heavy atom. The number of carbonyl (C=O) groups excluding carboxylic acids is 1. The maximum absolute atomic E-state index is 12.1. The van der Waals surface area contributed by atoms with Gasteiger partial charge in [0.05, 0.1) is 6.04 Å². The van der Waals surface area contributed by atoms with Crippen molar-refractivity contribution in [2.45, 2.75) is 25.8 Å². The number of hydrogen-bond donors (Lipinski definition) is 2. The zero-order valence-corrected chi connectivity index (χ0v) is 13.0. The van der Waals surface area contributed by atoms with Crippen LogP contribution in [0.5, 0.6) is 0 Å². The highest BCUT2D eigenvalue weighted by Crippen LogP contribution is 2.21. The van der Waals surface area contributed by atoms with Crippen molar-refractivity contribution in [1.29, 1.82) is 0 Å². The minimum atomic E-state index is -0.430. The third-order valence-corrected chi connectivity index (χ3v) is 3.71.